The van der Waals surface area contributed by atoms with Crippen LogP contribution in [0.3, 0.4) is 0 Å². The molecule has 0 spiro atoms. The molecule has 82 valence electrons. The van der Waals surface area contributed by atoms with Crippen LogP contribution < -0.4 is 0 Å². The van der Waals surface area contributed by atoms with Crippen LogP contribution in [0.1, 0.15) is 19.8 Å². The summed E-state index contributed by atoms with van der Waals surface area (Å²) in [5.74, 6) is -0.326. The molecule has 1 saturated heterocycles. The second-order valence-corrected chi connectivity index (χ2v) is 4.46. The van der Waals surface area contributed by atoms with Crippen LogP contribution in [0.4, 0.5) is 0 Å². The minimum Gasteiger partial charge on any atom is -0.505 e. The normalized spacial score (nSPS) is 39.6. The van der Waals surface area contributed by atoms with Crippen LogP contribution in [-0.4, -0.2) is 19.2 Å². The molecule has 0 aromatic carbocycles. The lowest BCUT2D eigenvalue weighted by Crippen LogP contribution is -2.36. The van der Waals surface area contributed by atoms with E-state index in [2.05, 4.69) is 6.58 Å². The van der Waals surface area contributed by atoms with Crippen molar-refractivity contribution in [2.75, 3.05) is 7.11 Å². The summed E-state index contributed by atoms with van der Waals surface area (Å²) >= 11 is 0. The summed E-state index contributed by atoms with van der Waals surface area (Å²) in [5.41, 5.74) is 0.708. The molecule has 0 aromatic heterocycles. The molecule has 3 atom stereocenters. The van der Waals surface area contributed by atoms with E-state index in [0.717, 1.165) is 18.4 Å². The number of hydrogen-bond donors (Lipinski definition) is 0. The fourth-order valence-corrected chi connectivity index (χ4v) is 2.63. The van der Waals surface area contributed by atoms with Gasteiger partial charge in [-0.15, -0.1) is 0 Å². The standard InChI is InChI=1S/C12H16O3/c1-8-4-5-9-12(2,6-7-14-3)10(8)11(13)15-9/h6-7,9-10H,1,4-5H2,2-3H3/b7-6+/t9-,10-,12+/m0/s1. The van der Waals surface area contributed by atoms with Gasteiger partial charge in [-0.2, -0.15) is 0 Å². The molecule has 0 unspecified atom stereocenters. The zero-order valence-electron chi connectivity index (χ0n) is 9.16. The van der Waals surface area contributed by atoms with E-state index in [4.69, 9.17) is 9.47 Å². The van der Waals surface area contributed by atoms with Gasteiger partial charge in [0.15, 0.2) is 0 Å². The third-order valence-electron chi connectivity index (χ3n) is 3.51. The van der Waals surface area contributed by atoms with Crippen molar-refractivity contribution in [2.24, 2.45) is 11.3 Å². The molecule has 1 saturated carbocycles. The van der Waals surface area contributed by atoms with Gasteiger partial charge in [0.25, 0.3) is 0 Å². The van der Waals surface area contributed by atoms with E-state index in [0.29, 0.717) is 0 Å². The topological polar surface area (TPSA) is 35.5 Å². The summed E-state index contributed by atoms with van der Waals surface area (Å²) in [6, 6.07) is 0. The smallest absolute Gasteiger partial charge is 0.314 e. The Morgan fingerprint density at radius 1 is 1.67 bits per heavy atom. The van der Waals surface area contributed by atoms with Crippen molar-refractivity contribution >= 4 is 5.97 Å². The van der Waals surface area contributed by atoms with E-state index < -0.39 is 0 Å². The molecular formula is C12H16O3. The zero-order chi connectivity index (χ0) is 11.1. The summed E-state index contributed by atoms with van der Waals surface area (Å²) in [7, 11) is 1.60. The third-order valence-corrected chi connectivity index (χ3v) is 3.51. The van der Waals surface area contributed by atoms with Gasteiger partial charge in [0.05, 0.1) is 19.3 Å². The van der Waals surface area contributed by atoms with Gasteiger partial charge in [-0.25, -0.2) is 0 Å². The van der Waals surface area contributed by atoms with Crippen molar-refractivity contribution in [3.05, 3.63) is 24.5 Å². The summed E-state index contributed by atoms with van der Waals surface area (Å²) in [5, 5.41) is 0. The lowest BCUT2D eigenvalue weighted by Gasteiger charge is -2.35. The van der Waals surface area contributed by atoms with Gasteiger partial charge in [-0.1, -0.05) is 19.1 Å². The van der Waals surface area contributed by atoms with Crippen LogP contribution in [0.25, 0.3) is 0 Å². The van der Waals surface area contributed by atoms with Crippen molar-refractivity contribution in [1.82, 2.24) is 0 Å². The van der Waals surface area contributed by atoms with Crippen LogP contribution >= 0.6 is 0 Å². The lowest BCUT2D eigenvalue weighted by molar-refractivity contribution is -0.142. The highest BCUT2D eigenvalue weighted by Crippen LogP contribution is 2.51. The number of carbonyl (C=O) groups is 1. The van der Waals surface area contributed by atoms with Crippen LogP contribution in [0.5, 0.6) is 0 Å². The second-order valence-electron chi connectivity index (χ2n) is 4.46. The number of fused-ring (bicyclic) bond motifs is 2. The first-order valence-electron chi connectivity index (χ1n) is 5.18. The van der Waals surface area contributed by atoms with Gasteiger partial charge in [0, 0.05) is 5.41 Å². The maximum Gasteiger partial charge on any atom is 0.314 e. The second kappa shape index (κ2) is 3.40. The molecule has 0 aromatic rings. The first-order valence-corrected chi connectivity index (χ1v) is 5.18. The van der Waals surface area contributed by atoms with Crippen molar-refractivity contribution in [2.45, 2.75) is 25.9 Å². The van der Waals surface area contributed by atoms with Gasteiger partial charge >= 0.3 is 5.97 Å². The highest BCUT2D eigenvalue weighted by Gasteiger charge is 2.56. The number of ether oxygens (including phenoxy) is 2. The van der Waals surface area contributed by atoms with Gasteiger partial charge in [-0.05, 0) is 18.9 Å². The van der Waals surface area contributed by atoms with Gasteiger partial charge in [0.1, 0.15) is 6.10 Å². The van der Waals surface area contributed by atoms with Crippen molar-refractivity contribution < 1.29 is 14.3 Å². The van der Waals surface area contributed by atoms with Crippen molar-refractivity contribution in [3.8, 4) is 0 Å². The molecule has 2 bridgehead atoms. The number of esters is 1. The van der Waals surface area contributed by atoms with Gasteiger partial charge in [-0.3, -0.25) is 4.79 Å². The molecule has 2 aliphatic rings. The summed E-state index contributed by atoms with van der Waals surface area (Å²) < 4.78 is 10.3. The van der Waals surface area contributed by atoms with Gasteiger partial charge < -0.3 is 9.47 Å². The Bertz CT molecular complexity index is 324. The first kappa shape index (κ1) is 10.3. The molecule has 1 aliphatic carbocycles. The molecule has 2 rings (SSSR count). The zero-order valence-corrected chi connectivity index (χ0v) is 9.16. The monoisotopic (exact) mass is 208 g/mol. The van der Waals surface area contributed by atoms with Gasteiger partial charge in [0.2, 0.25) is 0 Å². The summed E-state index contributed by atoms with van der Waals surface area (Å²) in [4.78, 5) is 11.7. The van der Waals surface area contributed by atoms with Crippen molar-refractivity contribution in [3.63, 3.8) is 0 Å². The van der Waals surface area contributed by atoms with E-state index >= 15 is 0 Å². The summed E-state index contributed by atoms with van der Waals surface area (Å²) in [6.45, 7) is 6.01. The molecule has 2 fully saturated rings. The number of carbonyl (C=O) groups excluding carboxylic acids is 1. The number of hydrogen-bond acceptors (Lipinski definition) is 3. The van der Waals surface area contributed by atoms with Crippen LogP contribution in [0.15, 0.2) is 24.5 Å². The molecule has 1 aliphatic heterocycles. The van der Waals surface area contributed by atoms with Crippen LogP contribution in [-0.2, 0) is 14.3 Å². The minimum absolute atomic E-state index is 0.0214. The molecule has 0 amide bonds. The Morgan fingerprint density at radius 2 is 2.40 bits per heavy atom. The third kappa shape index (κ3) is 1.37. The lowest BCUT2D eigenvalue weighted by atomic mass is 9.66. The average molecular weight is 208 g/mol. The van der Waals surface area contributed by atoms with E-state index in [1.807, 2.05) is 13.0 Å². The molecule has 0 radical (unpaired) electrons. The Labute approximate surface area is 89.8 Å². The van der Waals surface area contributed by atoms with E-state index in [1.54, 1.807) is 13.4 Å². The predicted molar refractivity (Wildman–Crippen MR) is 56.0 cm³/mol. The molecular weight excluding hydrogens is 192 g/mol. The Hall–Kier alpha value is -1.25. The molecule has 15 heavy (non-hydrogen) atoms. The molecule has 3 nitrogen and oxygen atoms in total. The maximum atomic E-state index is 11.7. The summed E-state index contributed by atoms with van der Waals surface area (Å²) in [6.07, 6.45) is 5.29. The van der Waals surface area contributed by atoms with Crippen LogP contribution in [0, 0.1) is 11.3 Å². The van der Waals surface area contributed by atoms with Crippen LogP contribution in [0.2, 0.25) is 0 Å². The Kier molecular flexibility index (Phi) is 2.33. The molecule has 0 N–H and O–H groups in total. The minimum atomic E-state index is -0.275. The largest absolute Gasteiger partial charge is 0.505 e. The maximum absolute atomic E-state index is 11.7. The van der Waals surface area contributed by atoms with E-state index in [1.165, 1.54) is 0 Å². The number of rotatable bonds is 2. The van der Waals surface area contributed by atoms with Crippen molar-refractivity contribution in [1.29, 1.82) is 0 Å². The Morgan fingerprint density at radius 3 is 3.07 bits per heavy atom. The van der Waals surface area contributed by atoms with E-state index in [9.17, 15) is 4.79 Å². The fraction of sp³-hybridized carbons (Fsp3) is 0.583. The predicted octanol–water partition coefficient (Wildman–Crippen LogP) is 2.04. The SMILES string of the molecule is C=C1CC[C@@H]2OC(=O)[C@H]1[C@]2(C)/C=C/OC. The highest BCUT2D eigenvalue weighted by molar-refractivity contribution is 5.80. The highest BCUT2D eigenvalue weighted by atomic mass is 16.6. The Balaban J connectivity index is 2.36. The molecule has 1 heterocycles. The first-order chi connectivity index (χ1) is 7.09. The van der Waals surface area contributed by atoms with E-state index in [-0.39, 0.29) is 23.4 Å². The average Bonchev–Trinajstić information content (AvgIpc) is 2.31. The fourth-order valence-electron chi connectivity index (χ4n) is 2.63. The number of methoxy groups -OCH3 is 1. The molecule has 3 heteroatoms. The quantitative estimate of drug-likeness (QED) is 0.396.